The van der Waals surface area contributed by atoms with Gasteiger partial charge in [-0.1, -0.05) is 48.5 Å². The summed E-state index contributed by atoms with van der Waals surface area (Å²) in [6.07, 6.45) is -3.72. The molecule has 2 N–H and O–H groups in total. The number of benzene rings is 2. The van der Waals surface area contributed by atoms with E-state index in [-0.39, 0.29) is 37.1 Å². The highest BCUT2D eigenvalue weighted by Crippen LogP contribution is 2.50. The second-order valence-corrected chi connectivity index (χ2v) is 15.0. The smallest absolute Gasteiger partial charge is 0.463 e. The van der Waals surface area contributed by atoms with Gasteiger partial charge < -0.3 is 28.2 Å². The average Bonchev–Trinajstić information content (AvgIpc) is 3.55. The van der Waals surface area contributed by atoms with Crippen LogP contribution in [0.1, 0.15) is 65.3 Å². The van der Waals surface area contributed by atoms with Gasteiger partial charge >= 0.3 is 31.5 Å². The van der Waals surface area contributed by atoms with Crippen LogP contribution in [0.4, 0.5) is 10.6 Å². The Morgan fingerprint density at radius 3 is 2.39 bits per heavy atom. The van der Waals surface area contributed by atoms with Gasteiger partial charge in [0, 0.05) is 12.6 Å². The molecule has 3 aromatic rings. The van der Waals surface area contributed by atoms with Crippen LogP contribution in [0.3, 0.4) is 0 Å². The number of aromatic nitrogens is 2. The lowest BCUT2D eigenvalue weighted by molar-refractivity contribution is -0.149. The molecule has 2 aromatic carbocycles. The first-order chi connectivity index (χ1) is 25.7. The van der Waals surface area contributed by atoms with E-state index in [9.17, 15) is 23.7 Å². The van der Waals surface area contributed by atoms with Gasteiger partial charge in [-0.2, -0.15) is 10.1 Å². The molecule has 3 heterocycles. The number of anilines is 1. The number of nitrogens with one attached hydrogen (secondary N) is 2. The zero-order valence-corrected chi connectivity index (χ0v) is 31.7. The van der Waals surface area contributed by atoms with Crippen LogP contribution in [0.15, 0.2) is 71.7 Å². The van der Waals surface area contributed by atoms with Crippen LogP contribution < -0.4 is 20.8 Å². The van der Waals surface area contributed by atoms with Crippen LogP contribution in [0.25, 0.3) is 0 Å². The molecule has 0 aliphatic carbocycles. The summed E-state index contributed by atoms with van der Waals surface area (Å²) in [4.78, 5) is 60.3. The Labute approximate surface area is 312 Å². The number of hydrogen-bond acceptors (Lipinski definition) is 15. The molecule has 2 fully saturated rings. The van der Waals surface area contributed by atoms with Gasteiger partial charge in [-0.15, -0.1) is 0 Å². The molecular weight excluding hydrogens is 727 g/mol. The summed E-state index contributed by atoms with van der Waals surface area (Å²) in [5, 5.41) is 2.62. The highest BCUT2D eigenvalue weighted by atomic mass is 31.2. The molecule has 18 heteroatoms. The minimum absolute atomic E-state index is 0.0170. The quantitative estimate of drug-likeness (QED) is 0.0757. The molecule has 0 amide bonds. The van der Waals surface area contributed by atoms with E-state index < -0.39 is 74.3 Å². The minimum atomic E-state index is -4.49. The number of carbonyl (C=O) groups is 3. The average molecular weight is 773 g/mol. The number of esters is 2. The fourth-order valence-electron chi connectivity index (χ4n) is 5.75. The van der Waals surface area contributed by atoms with Gasteiger partial charge in [0.15, 0.2) is 23.8 Å². The fourth-order valence-corrected chi connectivity index (χ4v) is 7.29. The standard InChI is InChI=1S/C36H45N4O13P/c1-22(2)48-30(41)17-16-26-14-10-11-15-27(26)53-54(45,39-24(5)32(42)49-23(3)4)47-21-28-31-36(6,52-35(44)51-31)33(50-28)40-19-18-29(37-34(40)43)38-46-20-25-12-8-7-9-13-25/h7-15,18-19,22-24,28,31,33H,16-17,20-21H2,1-6H3,(H,39,45)(H,37,38,43)/t24-,28+,31?,33+,36?,54?/m0/s1. The first kappa shape index (κ1) is 40.4. The summed E-state index contributed by atoms with van der Waals surface area (Å²) in [7, 11) is -4.49. The lowest BCUT2D eigenvalue weighted by Gasteiger charge is -2.26. The molecule has 3 unspecified atom stereocenters. The molecule has 17 nitrogen and oxygen atoms in total. The zero-order chi connectivity index (χ0) is 39.0. The van der Waals surface area contributed by atoms with Crippen LogP contribution in [-0.4, -0.2) is 70.3 Å². The highest BCUT2D eigenvalue weighted by molar-refractivity contribution is 7.52. The Balaban J connectivity index is 1.34. The molecule has 2 aliphatic rings. The van der Waals surface area contributed by atoms with Crippen LogP contribution in [0, 0.1) is 0 Å². The van der Waals surface area contributed by atoms with Crippen molar-refractivity contribution in [2.75, 3.05) is 12.1 Å². The van der Waals surface area contributed by atoms with Crippen molar-refractivity contribution in [2.24, 2.45) is 0 Å². The van der Waals surface area contributed by atoms with Crippen molar-refractivity contribution in [3.05, 3.63) is 88.5 Å². The van der Waals surface area contributed by atoms with E-state index in [1.54, 1.807) is 45.9 Å². The van der Waals surface area contributed by atoms with E-state index in [0.29, 0.717) is 5.56 Å². The molecule has 0 radical (unpaired) electrons. The number of para-hydroxylation sites is 1. The highest BCUT2D eigenvalue weighted by Gasteiger charge is 2.64. The SMILES string of the molecule is CC(C)OC(=O)CCc1ccccc1OP(=O)(N[C@@H](C)C(=O)OC(C)C)OC[C@H]1O[C@@H](n2ccc(NOCc3ccccc3)nc2=O)C2(C)OC(=O)OC12. The van der Waals surface area contributed by atoms with E-state index in [2.05, 4.69) is 15.6 Å². The Kier molecular flexibility index (Phi) is 13.1. The molecule has 5 rings (SSSR count). The molecule has 1 aromatic heterocycles. The normalized spacial score (nSPS) is 22.1. The Morgan fingerprint density at radius 2 is 1.69 bits per heavy atom. The van der Waals surface area contributed by atoms with Gasteiger partial charge in [0.25, 0.3) is 0 Å². The number of hydrogen-bond donors (Lipinski definition) is 2. The van der Waals surface area contributed by atoms with E-state index in [4.69, 9.17) is 37.6 Å². The number of fused-ring (bicyclic) bond motifs is 1. The Hall–Kier alpha value is -4.80. The Morgan fingerprint density at radius 1 is 0.981 bits per heavy atom. The molecule has 292 valence electrons. The number of ether oxygens (including phenoxy) is 5. The maximum atomic E-state index is 14.5. The van der Waals surface area contributed by atoms with Crippen molar-refractivity contribution in [3.63, 3.8) is 0 Å². The summed E-state index contributed by atoms with van der Waals surface area (Å²) < 4.78 is 55.2. The van der Waals surface area contributed by atoms with Crippen molar-refractivity contribution >= 4 is 31.7 Å². The second kappa shape index (κ2) is 17.6. The zero-order valence-electron chi connectivity index (χ0n) is 30.8. The number of rotatable bonds is 18. The lowest BCUT2D eigenvalue weighted by Crippen LogP contribution is -2.44. The van der Waals surface area contributed by atoms with Gasteiger partial charge in [-0.25, -0.2) is 19.6 Å². The summed E-state index contributed by atoms with van der Waals surface area (Å²) >= 11 is 0. The summed E-state index contributed by atoms with van der Waals surface area (Å²) in [6, 6.07) is 16.3. The summed E-state index contributed by atoms with van der Waals surface area (Å²) in [5.41, 5.74) is 1.74. The van der Waals surface area contributed by atoms with Crippen LogP contribution in [0.2, 0.25) is 0 Å². The first-order valence-electron chi connectivity index (χ1n) is 17.4. The molecule has 0 spiro atoms. The minimum Gasteiger partial charge on any atom is -0.463 e. The van der Waals surface area contributed by atoms with E-state index in [0.717, 1.165) is 10.1 Å². The largest absolute Gasteiger partial charge is 0.509 e. The molecule has 0 bridgehead atoms. The third-order valence-corrected chi connectivity index (χ3v) is 9.82. The van der Waals surface area contributed by atoms with Gasteiger partial charge in [0.2, 0.25) is 0 Å². The van der Waals surface area contributed by atoms with Crippen molar-refractivity contribution in [2.45, 2.75) is 103 Å². The molecule has 0 saturated carbocycles. The van der Waals surface area contributed by atoms with Crippen LogP contribution in [-0.2, 0) is 60.2 Å². The second-order valence-electron chi connectivity index (χ2n) is 13.3. The lowest BCUT2D eigenvalue weighted by atomic mass is 9.96. The van der Waals surface area contributed by atoms with Crippen molar-refractivity contribution in [1.29, 1.82) is 0 Å². The molecular formula is C36H45N4O13P. The predicted molar refractivity (Wildman–Crippen MR) is 191 cm³/mol. The maximum Gasteiger partial charge on any atom is 0.509 e. The van der Waals surface area contributed by atoms with Gasteiger partial charge in [-0.05, 0) is 71.2 Å². The number of carbonyl (C=O) groups excluding carboxylic acids is 3. The van der Waals surface area contributed by atoms with E-state index in [1.165, 1.54) is 32.2 Å². The number of nitrogens with zero attached hydrogens (tertiary/aromatic N) is 2. The third-order valence-electron chi connectivity index (χ3n) is 8.19. The maximum absolute atomic E-state index is 14.5. The number of aryl methyl sites for hydroxylation is 1. The topological polar surface area (TPSA) is 201 Å². The molecule has 2 aliphatic heterocycles. The molecule has 6 atom stereocenters. The summed E-state index contributed by atoms with van der Waals surface area (Å²) in [5.74, 6) is -0.915. The monoisotopic (exact) mass is 772 g/mol. The van der Waals surface area contributed by atoms with E-state index >= 15 is 0 Å². The molecule has 54 heavy (non-hydrogen) atoms. The third kappa shape index (κ3) is 10.2. The fraction of sp³-hybridized carbons (Fsp3) is 0.472. The van der Waals surface area contributed by atoms with Gasteiger partial charge in [0.05, 0.1) is 25.4 Å². The summed E-state index contributed by atoms with van der Waals surface area (Å²) in [6.45, 7) is 9.44. The van der Waals surface area contributed by atoms with Crippen molar-refractivity contribution < 1.29 is 56.5 Å². The first-order valence-corrected chi connectivity index (χ1v) is 19.0. The Bertz CT molecular complexity index is 1890. The van der Waals surface area contributed by atoms with E-state index in [1.807, 2.05) is 30.3 Å². The van der Waals surface area contributed by atoms with Crippen LogP contribution in [0.5, 0.6) is 5.75 Å². The van der Waals surface area contributed by atoms with Crippen LogP contribution >= 0.6 is 7.75 Å². The van der Waals surface area contributed by atoms with Gasteiger partial charge in [-0.3, -0.25) is 23.5 Å². The predicted octanol–water partition coefficient (Wildman–Crippen LogP) is 5.00. The van der Waals surface area contributed by atoms with Crippen molar-refractivity contribution in [3.8, 4) is 5.75 Å². The van der Waals surface area contributed by atoms with Crippen molar-refractivity contribution in [1.82, 2.24) is 14.6 Å². The van der Waals surface area contributed by atoms with Gasteiger partial charge in [0.1, 0.15) is 17.9 Å². The molecule has 2 saturated heterocycles.